The highest BCUT2D eigenvalue weighted by atomic mass is 16.5. The van der Waals surface area contributed by atoms with Crippen molar-refractivity contribution in [2.45, 2.75) is 13.8 Å². The predicted octanol–water partition coefficient (Wildman–Crippen LogP) is 5.02. The number of amides is 2. The summed E-state index contributed by atoms with van der Waals surface area (Å²) >= 11 is 0. The van der Waals surface area contributed by atoms with Gasteiger partial charge in [0.2, 0.25) is 0 Å². The molecule has 0 saturated heterocycles. The molecule has 0 spiro atoms. The highest BCUT2D eigenvalue weighted by Crippen LogP contribution is 2.19. The molecule has 2 amide bonds. The number of carbonyl (C=O) groups is 2. The lowest BCUT2D eigenvalue weighted by atomic mass is 10.2. The van der Waals surface area contributed by atoms with Crippen LogP contribution >= 0.6 is 0 Å². The van der Waals surface area contributed by atoms with Crippen molar-refractivity contribution in [3.8, 4) is 11.5 Å². The van der Waals surface area contributed by atoms with E-state index >= 15 is 0 Å². The van der Waals surface area contributed by atoms with Crippen LogP contribution in [0.5, 0.6) is 11.5 Å². The first-order valence-corrected chi connectivity index (χ1v) is 11.9. The third-order valence-electron chi connectivity index (χ3n) is 4.99. The lowest BCUT2D eigenvalue weighted by Crippen LogP contribution is -2.14. The summed E-state index contributed by atoms with van der Waals surface area (Å²) in [5.74, 6) is 0.680. The van der Waals surface area contributed by atoms with Crippen molar-refractivity contribution >= 4 is 23.2 Å². The zero-order valence-electron chi connectivity index (χ0n) is 20.6. The van der Waals surface area contributed by atoms with E-state index in [1.54, 1.807) is 72.8 Å². The van der Waals surface area contributed by atoms with Gasteiger partial charge in [0.05, 0.1) is 13.2 Å². The van der Waals surface area contributed by atoms with Crippen molar-refractivity contribution in [1.82, 2.24) is 0 Å². The highest BCUT2D eigenvalue weighted by molar-refractivity contribution is 6.06. The molecule has 0 aliphatic heterocycles. The minimum atomic E-state index is -0.261. The largest absolute Gasteiger partial charge is 0.491 e. The van der Waals surface area contributed by atoms with Crippen molar-refractivity contribution in [3.63, 3.8) is 0 Å². The van der Waals surface area contributed by atoms with Crippen LogP contribution in [0, 0.1) is 0 Å². The average molecular weight is 493 g/mol. The Morgan fingerprint density at radius 1 is 0.611 bits per heavy atom. The van der Waals surface area contributed by atoms with Gasteiger partial charge in [-0.3, -0.25) is 9.59 Å². The van der Waals surface area contributed by atoms with Gasteiger partial charge in [0.15, 0.2) is 0 Å². The molecule has 0 radical (unpaired) electrons. The molecule has 8 heteroatoms. The topological polar surface area (TPSA) is 95.1 Å². The van der Waals surface area contributed by atoms with Crippen LogP contribution in [0.4, 0.5) is 11.4 Å². The van der Waals surface area contributed by atoms with Crippen LogP contribution in [0.15, 0.2) is 72.8 Å². The van der Waals surface area contributed by atoms with Crippen molar-refractivity contribution in [2.24, 2.45) is 0 Å². The number of ether oxygens (including phenoxy) is 4. The van der Waals surface area contributed by atoms with Gasteiger partial charge in [0.25, 0.3) is 11.8 Å². The summed E-state index contributed by atoms with van der Waals surface area (Å²) in [6, 6.07) is 20.8. The van der Waals surface area contributed by atoms with E-state index < -0.39 is 0 Å². The van der Waals surface area contributed by atoms with Crippen LogP contribution in [0.2, 0.25) is 0 Å². The van der Waals surface area contributed by atoms with E-state index in [0.717, 1.165) is 0 Å². The molecule has 8 nitrogen and oxygen atoms in total. The normalized spacial score (nSPS) is 10.5. The van der Waals surface area contributed by atoms with Gasteiger partial charge in [-0.25, -0.2) is 0 Å². The van der Waals surface area contributed by atoms with E-state index in [4.69, 9.17) is 18.9 Å². The minimum Gasteiger partial charge on any atom is -0.491 e. The van der Waals surface area contributed by atoms with E-state index in [9.17, 15) is 9.59 Å². The number of hydrogen-bond donors (Lipinski definition) is 2. The molecular weight excluding hydrogens is 460 g/mol. The maximum atomic E-state index is 12.7. The zero-order valence-corrected chi connectivity index (χ0v) is 20.6. The Balaban J connectivity index is 1.52. The van der Waals surface area contributed by atoms with E-state index in [-0.39, 0.29) is 11.8 Å². The Morgan fingerprint density at radius 2 is 1.03 bits per heavy atom. The lowest BCUT2D eigenvalue weighted by molar-refractivity contribution is 0.101. The van der Waals surface area contributed by atoms with Gasteiger partial charge in [-0.05, 0) is 74.5 Å². The van der Waals surface area contributed by atoms with Crippen molar-refractivity contribution in [1.29, 1.82) is 0 Å². The second-order valence-corrected chi connectivity index (χ2v) is 7.63. The fourth-order valence-corrected chi connectivity index (χ4v) is 3.22. The molecule has 36 heavy (non-hydrogen) atoms. The fourth-order valence-electron chi connectivity index (χ4n) is 3.22. The number of anilines is 2. The second kappa shape index (κ2) is 14.5. The molecule has 0 aromatic heterocycles. The highest BCUT2D eigenvalue weighted by Gasteiger charge is 2.10. The predicted molar refractivity (Wildman–Crippen MR) is 139 cm³/mol. The molecule has 0 bridgehead atoms. The fraction of sp³-hybridized carbons (Fsp3) is 0.286. The average Bonchev–Trinajstić information content (AvgIpc) is 2.90. The molecule has 3 aromatic rings. The van der Waals surface area contributed by atoms with E-state index in [1.807, 2.05) is 13.8 Å². The standard InChI is InChI=1S/C28H32N2O6/c1-3-33-15-17-35-25-9-5-7-21(19-25)27(31)29-23-11-13-24(14-12-23)30-28(32)22-8-6-10-26(20-22)36-18-16-34-4-2/h5-14,19-20H,3-4,15-18H2,1-2H3,(H,29,31)(H,30,32). The van der Waals surface area contributed by atoms with Gasteiger partial charge in [-0.15, -0.1) is 0 Å². The zero-order chi connectivity index (χ0) is 25.6. The monoisotopic (exact) mass is 492 g/mol. The van der Waals surface area contributed by atoms with E-state index in [2.05, 4.69) is 10.6 Å². The SMILES string of the molecule is CCOCCOc1cccc(C(=O)Nc2ccc(NC(=O)c3cccc(OCCOCC)c3)cc2)c1. The molecular formula is C28H32N2O6. The van der Waals surface area contributed by atoms with Crippen LogP contribution < -0.4 is 20.1 Å². The lowest BCUT2D eigenvalue weighted by Gasteiger charge is -2.10. The molecule has 0 fully saturated rings. The molecule has 0 unspecified atom stereocenters. The first-order chi connectivity index (χ1) is 17.6. The summed E-state index contributed by atoms with van der Waals surface area (Å²) < 4.78 is 21.7. The molecule has 0 heterocycles. The molecule has 2 N–H and O–H groups in total. The summed E-state index contributed by atoms with van der Waals surface area (Å²) in [5, 5.41) is 5.70. The summed E-state index contributed by atoms with van der Waals surface area (Å²) in [4.78, 5) is 25.3. The van der Waals surface area contributed by atoms with Gasteiger partial charge in [0.1, 0.15) is 24.7 Å². The summed E-state index contributed by atoms with van der Waals surface area (Å²) in [5.41, 5.74) is 2.16. The van der Waals surface area contributed by atoms with Gasteiger partial charge in [0, 0.05) is 35.7 Å². The van der Waals surface area contributed by atoms with Gasteiger partial charge in [-0.2, -0.15) is 0 Å². The van der Waals surface area contributed by atoms with Crippen molar-refractivity contribution in [2.75, 3.05) is 50.3 Å². The Morgan fingerprint density at radius 3 is 1.42 bits per heavy atom. The maximum absolute atomic E-state index is 12.7. The Bertz CT molecular complexity index is 1030. The molecule has 0 saturated carbocycles. The number of nitrogens with one attached hydrogen (secondary N) is 2. The summed E-state index contributed by atoms with van der Waals surface area (Å²) in [7, 11) is 0. The van der Waals surface area contributed by atoms with Gasteiger partial charge >= 0.3 is 0 Å². The Kier molecular flexibility index (Phi) is 10.8. The molecule has 0 aliphatic carbocycles. The number of benzene rings is 3. The van der Waals surface area contributed by atoms with Crippen LogP contribution in [-0.4, -0.2) is 51.5 Å². The molecule has 0 atom stereocenters. The molecule has 3 rings (SSSR count). The quantitative estimate of drug-likeness (QED) is 0.307. The molecule has 0 aliphatic rings. The number of carbonyl (C=O) groups excluding carboxylic acids is 2. The van der Waals surface area contributed by atoms with E-state index in [0.29, 0.717) is 73.6 Å². The Labute approximate surface area is 211 Å². The third kappa shape index (κ3) is 8.72. The summed E-state index contributed by atoms with van der Waals surface area (Å²) in [6.07, 6.45) is 0. The minimum absolute atomic E-state index is 0.261. The number of hydrogen-bond acceptors (Lipinski definition) is 6. The summed E-state index contributed by atoms with van der Waals surface area (Å²) in [6.45, 7) is 6.91. The van der Waals surface area contributed by atoms with Crippen LogP contribution in [0.1, 0.15) is 34.6 Å². The second-order valence-electron chi connectivity index (χ2n) is 7.63. The van der Waals surface area contributed by atoms with Gasteiger partial charge in [-0.1, -0.05) is 12.1 Å². The smallest absolute Gasteiger partial charge is 0.255 e. The van der Waals surface area contributed by atoms with Crippen molar-refractivity contribution in [3.05, 3.63) is 83.9 Å². The Hall–Kier alpha value is -3.88. The molecule has 3 aromatic carbocycles. The van der Waals surface area contributed by atoms with Gasteiger partial charge < -0.3 is 29.6 Å². The third-order valence-corrected chi connectivity index (χ3v) is 4.99. The first-order valence-electron chi connectivity index (χ1n) is 11.9. The first kappa shape index (κ1) is 26.7. The van der Waals surface area contributed by atoms with Crippen LogP contribution in [0.25, 0.3) is 0 Å². The number of rotatable bonds is 14. The maximum Gasteiger partial charge on any atom is 0.255 e. The van der Waals surface area contributed by atoms with Crippen LogP contribution in [-0.2, 0) is 9.47 Å². The van der Waals surface area contributed by atoms with Crippen LogP contribution in [0.3, 0.4) is 0 Å². The van der Waals surface area contributed by atoms with Crippen molar-refractivity contribution < 1.29 is 28.5 Å². The van der Waals surface area contributed by atoms with E-state index in [1.165, 1.54) is 0 Å². The molecule has 190 valence electrons.